The van der Waals surface area contributed by atoms with Gasteiger partial charge in [0.2, 0.25) is 17.7 Å². The third-order valence-electron chi connectivity index (χ3n) is 3.86. The van der Waals surface area contributed by atoms with Crippen LogP contribution in [0, 0.1) is 0 Å². The number of carboxylic acid groups (broad SMARTS) is 1. The molecule has 0 spiro atoms. The summed E-state index contributed by atoms with van der Waals surface area (Å²) in [4.78, 5) is 22.3. The van der Waals surface area contributed by atoms with E-state index in [1.165, 1.54) is 6.21 Å². The number of hydrogen-bond donors (Lipinski definition) is 2. The largest absolute Gasteiger partial charge is 0.481 e. The van der Waals surface area contributed by atoms with Crippen LogP contribution in [0.3, 0.4) is 0 Å². The van der Waals surface area contributed by atoms with Crippen molar-refractivity contribution in [1.29, 1.82) is 0 Å². The van der Waals surface area contributed by atoms with Crippen molar-refractivity contribution in [2.45, 2.75) is 37.9 Å². The Kier molecular flexibility index (Phi) is 6.53. The molecule has 1 atom stereocenters. The van der Waals surface area contributed by atoms with Crippen molar-refractivity contribution < 1.29 is 19.1 Å². The van der Waals surface area contributed by atoms with Crippen molar-refractivity contribution in [3.63, 3.8) is 0 Å². The molecule has 1 unspecified atom stereocenters. The third-order valence-corrected chi connectivity index (χ3v) is 4.93. The topological polar surface area (TPSA) is 130 Å². The first-order valence-electron chi connectivity index (χ1n) is 8.78. The van der Waals surface area contributed by atoms with E-state index in [-0.39, 0.29) is 17.5 Å². The molecule has 2 N–H and O–H groups in total. The Bertz CT molecular complexity index is 907. The van der Waals surface area contributed by atoms with Gasteiger partial charge in [-0.25, -0.2) is 0 Å². The molecule has 1 aromatic heterocycles. The highest BCUT2D eigenvalue weighted by atomic mass is 32.2. The van der Waals surface area contributed by atoms with Crippen LogP contribution in [0.1, 0.15) is 37.6 Å². The number of unbranched alkanes of at least 4 members (excludes halogenated alkanes) is 1. The SMILES string of the molecule is CCCCc1nnc(-c2ccc(C=NN=C3NC(=O)C(CC(=O)O)S3)cc2)o1. The molecule has 2 aromatic rings. The van der Waals surface area contributed by atoms with Gasteiger partial charge in [0.25, 0.3) is 0 Å². The highest BCUT2D eigenvalue weighted by Gasteiger charge is 2.32. The summed E-state index contributed by atoms with van der Waals surface area (Å²) < 4.78 is 5.65. The molecule has 146 valence electrons. The van der Waals surface area contributed by atoms with Crippen LogP contribution in [0.25, 0.3) is 11.5 Å². The second-order valence-electron chi connectivity index (χ2n) is 6.07. The standard InChI is InChI=1S/C18H19N5O4S/c1-2-3-4-14-21-22-17(27-14)12-7-5-11(6-8-12)10-19-23-18-20-16(26)13(28-18)9-15(24)25/h5-8,10,13H,2-4,9H2,1H3,(H,24,25)(H,20,23,26). The molecule has 3 rings (SSSR count). The molecule has 1 aromatic carbocycles. The zero-order valence-corrected chi connectivity index (χ0v) is 16.0. The number of amidine groups is 1. The Morgan fingerprint density at radius 1 is 1.36 bits per heavy atom. The maximum atomic E-state index is 11.6. The predicted molar refractivity (Wildman–Crippen MR) is 105 cm³/mol. The molecule has 1 fully saturated rings. The fourth-order valence-electron chi connectivity index (χ4n) is 2.40. The molecular weight excluding hydrogens is 382 g/mol. The number of nitrogens with zero attached hydrogens (tertiary/aromatic N) is 4. The Hall–Kier alpha value is -3.01. The minimum absolute atomic E-state index is 0.253. The first-order valence-corrected chi connectivity index (χ1v) is 9.66. The molecule has 0 radical (unpaired) electrons. The monoisotopic (exact) mass is 401 g/mol. The van der Waals surface area contributed by atoms with Gasteiger partial charge in [0.15, 0.2) is 5.17 Å². The Balaban J connectivity index is 1.59. The number of carbonyl (C=O) groups is 2. The van der Waals surface area contributed by atoms with Gasteiger partial charge in [0.1, 0.15) is 5.25 Å². The summed E-state index contributed by atoms with van der Waals surface area (Å²) >= 11 is 1.06. The quantitative estimate of drug-likeness (QED) is 0.513. The number of carbonyl (C=O) groups excluding carboxylic acids is 1. The smallest absolute Gasteiger partial charge is 0.305 e. The second kappa shape index (κ2) is 9.27. The zero-order valence-electron chi connectivity index (χ0n) is 15.2. The van der Waals surface area contributed by atoms with E-state index in [4.69, 9.17) is 9.52 Å². The van der Waals surface area contributed by atoms with Crippen LogP contribution in [0.4, 0.5) is 0 Å². The number of hydrogen-bond acceptors (Lipinski definition) is 8. The number of nitrogens with one attached hydrogen (secondary N) is 1. The lowest BCUT2D eigenvalue weighted by atomic mass is 10.1. The first kappa shape index (κ1) is 19.7. The molecule has 1 saturated heterocycles. The van der Waals surface area contributed by atoms with Crippen molar-refractivity contribution in [1.82, 2.24) is 15.5 Å². The molecular formula is C18H19N5O4S. The minimum atomic E-state index is -1.03. The lowest BCUT2D eigenvalue weighted by Crippen LogP contribution is -2.26. The van der Waals surface area contributed by atoms with Crippen LogP contribution < -0.4 is 5.32 Å². The number of amides is 1. The molecule has 1 aliphatic rings. The van der Waals surface area contributed by atoms with Crippen LogP contribution in [0.15, 0.2) is 38.9 Å². The number of rotatable bonds is 8. The number of aryl methyl sites for hydroxylation is 1. The van der Waals surface area contributed by atoms with Gasteiger partial charge in [-0.15, -0.1) is 15.3 Å². The summed E-state index contributed by atoms with van der Waals surface area (Å²) in [6.07, 6.45) is 4.13. The summed E-state index contributed by atoms with van der Waals surface area (Å²) in [5.74, 6) is -0.292. The van der Waals surface area contributed by atoms with E-state index in [1.54, 1.807) is 0 Å². The van der Waals surface area contributed by atoms with E-state index >= 15 is 0 Å². The average molecular weight is 401 g/mol. The van der Waals surface area contributed by atoms with Gasteiger partial charge in [-0.2, -0.15) is 5.10 Å². The fourth-order valence-corrected chi connectivity index (χ4v) is 3.32. The number of benzene rings is 1. The maximum absolute atomic E-state index is 11.6. The van der Waals surface area contributed by atoms with E-state index in [0.717, 1.165) is 42.2 Å². The van der Waals surface area contributed by atoms with Crippen molar-refractivity contribution in [3.8, 4) is 11.5 Å². The molecule has 0 saturated carbocycles. The highest BCUT2D eigenvalue weighted by Crippen LogP contribution is 2.22. The van der Waals surface area contributed by atoms with Crippen molar-refractivity contribution in [2.24, 2.45) is 10.2 Å². The maximum Gasteiger partial charge on any atom is 0.305 e. The van der Waals surface area contributed by atoms with Crippen molar-refractivity contribution in [2.75, 3.05) is 0 Å². The third kappa shape index (κ3) is 5.26. The molecule has 1 amide bonds. The van der Waals surface area contributed by atoms with Gasteiger partial charge in [0, 0.05) is 12.0 Å². The Morgan fingerprint density at radius 3 is 2.86 bits per heavy atom. The van der Waals surface area contributed by atoms with Gasteiger partial charge in [-0.1, -0.05) is 37.2 Å². The first-order chi connectivity index (χ1) is 13.5. The van der Waals surface area contributed by atoms with Crippen molar-refractivity contribution in [3.05, 3.63) is 35.7 Å². The molecule has 2 heterocycles. The summed E-state index contributed by atoms with van der Waals surface area (Å²) in [7, 11) is 0. The van der Waals surface area contributed by atoms with Crippen LogP contribution in [0.2, 0.25) is 0 Å². The van der Waals surface area contributed by atoms with E-state index < -0.39 is 11.2 Å². The number of aliphatic carboxylic acids is 1. The number of thioether (sulfide) groups is 1. The number of aromatic nitrogens is 2. The van der Waals surface area contributed by atoms with Crippen molar-refractivity contribution >= 4 is 35.0 Å². The lowest BCUT2D eigenvalue weighted by Gasteiger charge is -1.98. The lowest BCUT2D eigenvalue weighted by molar-refractivity contribution is -0.138. The predicted octanol–water partition coefficient (Wildman–Crippen LogP) is 2.48. The van der Waals surface area contributed by atoms with E-state index in [2.05, 4.69) is 32.6 Å². The summed E-state index contributed by atoms with van der Waals surface area (Å²) in [6, 6.07) is 7.37. The van der Waals surface area contributed by atoms with Crippen LogP contribution >= 0.6 is 11.8 Å². The van der Waals surface area contributed by atoms with E-state index in [0.29, 0.717) is 11.8 Å². The van der Waals surface area contributed by atoms with Crippen LogP contribution in [-0.4, -0.2) is 43.8 Å². The van der Waals surface area contributed by atoms with Gasteiger partial charge in [0.05, 0.1) is 12.6 Å². The Morgan fingerprint density at radius 2 is 2.14 bits per heavy atom. The molecule has 0 bridgehead atoms. The summed E-state index contributed by atoms with van der Waals surface area (Å²) in [5, 5.41) is 26.9. The summed E-state index contributed by atoms with van der Waals surface area (Å²) in [5.41, 5.74) is 1.61. The fraction of sp³-hybridized carbons (Fsp3) is 0.333. The van der Waals surface area contributed by atoms with Crippen LogP contribution in [-0.2, 0) is 16.0 Å². The molecule has 1 aliphatic heterocycles. The van der Waals surface area contributed by atoms with Crippen LogP contribution in [0.5, 0.6) is 0 Å². The number of carboxylic acids is 1. The Labute approximate surface area is 165 Å². The minimum Gasteiger partial charge on any atom is -0.481 e. The normalized spacial score (nSPS) is 18.1. The molecule has 0 aliphatic carbocycles. The van der Waals surface area contributed by atoms with Gasteiger partial charge < -0.3 is 14.8 Å². The van der Waals surface area contributed by atoms with Gasteiger partial charge in [-0.05, 0) is 24.1 Å². The zero-order chi connectivity index (χ0) is 19.9. The highest BCUT2D eigenvalue weighted by molar-refractivity contribution is 8.15. The average Bonchev–Trinajstić information content (AvgIpc) is 3.27. The molecule has 28 heavy (non-hydrogen) atoms. The van der Waals surface area contributed by atoms with E-state index in [9.17, 15) is 9.59 Å². The van der Waals surface area contributed by atoms with E-state index in [1.807, 2.05) is 24.3 Å². The van der Waals surface area contributed by atoms with Gasteiger partial charge in [-0.3, -0.25) is 9.59 Å². The second-order valence-corrected chi connectivity index (χ2v) is 7.26. The van der Waals surface area contributed by atoms with Gasteiger partial charge >= 0.3 is 5.97 Å². The molecule has 9 nitrogen and oxygen atoms in total. The summed E-state index contributed by atoms with van der Waals surface area (Å²) in [6.45, 7) is 2.11. The molecule has 10 heteroatoms.